The molecule has 8 heteroatoms. The summed E-state index contributed by atoms with van der Waals surface area (Å²) in [5.41, 5.74) is -0.933. The molecule has 0 aromatic heterocycles. The molecule has 1 aromatic carbocycles. The molecule has 0 fully saturated rings. The maximum absolute atomic E-state index is 13.6. The molecule has 0 atom stereocenters. The van der Waals surface area contributed by atoms with Crippen LogP contribution in [-0.2, 0) is 9.53 Å². The SMILES string of the molecule is COCCNC(=O)CCNc1ccc(C(=O)O)c(F)c1F. The Morgan fingerprint density at radius 2 is 1.95 bits per heavy atom. The van der Waals surface area contributed by atoms with Gasteiger partial charge in [0.05, 0.1) is 17.9 Å². The van der Waals surface area contributed by atoms with Crippen LogP contribution >= 0.6 is 0 Å². The number of anilines is 1. The summed E-state index contributed by atoms with van der Waals surface area (Å²) in [4.78, 5) is 22.0. The summed E-state index contributed by atoms with van der Waals surface area (Å²) in [6, 6.07) is 2.08. The molecule has 0 heterocycles. The Labute approximate surface area is 120 Å². The van der Waals surface area contributed by atoms with Gasteiger partial charge in [0.1, 0.15) is 0 Å². The van der Waals surface area contributed by atoms with Crippen molar-refractivity contribution in [2.24, 2.45) is 0 Å². The average Bonchev–Trinajstić information content (AvgIpc) is 2.43. The van der Waals surface area contributed by atoms with Crippen molar-refractivity contribution in [1.29, 1.82) is 0 Å². The highest BCUT2D eigenvalue weighted by molar-refractivity contribution is 5.88. The maximum atomic E-state index is 13.6. The predicted octanol–water partition coefficient (Wildman–Crippen LogP) is 1.23. The van der Waals surface area contributed by atoms with E-state index in [4.69, 9.17) is 9.84 Å². The summed E-state index contributed by atoms with van der Waals surface area (Å²) < 4.78 is 31.7. The van der Waals surface area contributed by atoms with Crippen molar-refractivity contribution in [3.05, 3.63) is 29.3 Å². The maximum Gasteiger partial charge on any atom is 0.338 e. The number of hydrogen-bond acceptors (Lipinski definition) is 4. The van der Waals surface area contributed by atoms with Gasteiger partial charge in [-0.1, -0.05) is 0 Å². The van der Waals surface area contributed by atoms with Gasteiger partial charge in [-0.05, 0) is 12.1 Å². The Balaban J connectivity index is 2.51. The van der Waals surface area contributed by atoms with Gasteiger partial charge in [-0.15, -0.1) is 0 Å². The summed E-state index contributed by atoms with van der Waals surface area (Å²) in [5.74, 6) is -4.52. The second-order valence-electron chi connectivity index (χ2n) is 4.11. The number of carbonyl (C=O) groups excluding carboxylic acids is 1. The standard InChI is InChI=1S/C13H16F2N2O4/c1-21-7-6-17-10(18)4-5-16-9-3-2-8(13(19)20)11(14)12(9)15/h2-3,16H,4-7H2,1H3,(H,17,18)(H,19,20). The highest BCUT2D eigenvalue weighted by atomic mass is 19.2. The monoisotopic (exact) mass is 302 g/mol. The molecule has 1 aromatic rings. The summed E-state index contributed by atoms with van der Waals surface area (Å²) in [7, 11) is 1.51. The van der Waals surface area contributed by atoms with Gasteiger partial charge in [-0.3, -0.25) is 4.79 Å². The van der Waals surface area contributed by atoms with Crippen molar-refractivity contribution in [1.82, 2.24) is 5.32 Å². The number of carbonyl (C=O) groups is 2. The van der Waals surface area contributed by atoms with Gasteiger partial charge in [0.2, 0.25) is 5.91 Å². The van der Waals surface area contributed by atoms with Gasteiger partial charge in [0, 0.05) is 26.6 Å². The van der Waals surface area contributed by atoms with Gasteiger partial charge in [-0.2, -0.15) is 0 Å². The van der Waals surface area contributed by atoms with Crippen molar-refractivity contribution >= 4 is 17.6 Å². The number of benzene rings is 1. The number of hydrogen-bond donors (Lipinski definition) is 3. The molecule has 116 valence electrons. The van der Waals surface area contributed by atoms with E-state index in [0.717, 1.165) is 12.1 Å². The Morgan fingerprint density at radius 3 is 2.57 bits per heavy atom. The molecule has 0 spiro atoms. The first kappa shape index (κ1) is 16.8. The van der Waals surface area contributed by atoms with Crippen LogP contribution in [0, 0.1) is 11.6 Å². The van der Waals surface area contributed by atoms with E-state index in [1.54, 1.807) is 0 Å². The van der Waals surface area contributed by atoms with Gasteiger partial charge >= 0.3 is 5.97 Å². The summed E-state index contributed by atoms with van der Waals surface area (Å²) in [5, 5.41) is 13.8. The molecule has 0 aliphatic rings. The van der Waals surface area contributed by atoms with Gasteiger partial charge < -0.3 is 20.5 Å². The van der Waals surface area contributed by atoms with Crippen molar-refractivity contribution in [2.45, 2.75) is 6.42 Å². The van der Waals surface area contributed by atoms with Crippen molar-refractivity contribution in [3.8, 4) is 0 Å². The molecule has 0 aliphatic heterocycles. The molecule has 0 radical (unpaired) electrons. The molecule has 6 nitrogen and oxygen atoms in total. The first-order valence-electron chi connectivity index (χ1n) is 6.18. The Kier molecular flexibility index (Phi) is 6.54. The van der Waals surface area contributed by atoms with Gasteiger partial charge in [0.25, 0.3) is 0 Å². The van der Waals surface area contributed by atoms with Crippen molar-refractivity contribution in [3.63, 3.8) is 0 Å². The molecule has 0 bridgehead atoms. The highest BCUT2D eigenvalue weighted by Crippen LogP contribution is 2.20. The molecular formula is C13H16F2N2O4. The largest absolute Gasteiger partial charge is 0.478 e. The molecule has 3 N–H and O–H groups in total. The first-order chi connectivity index (χ1) is 9.97. The van der Waals surface area contributed by atoms with Crippen molar-refractivity contribution in [2.75, 3.05) is 32.1 Å². The molecule has 1 rings (SSSR count). The number of rotatable bonds is 8. The molecule has 0 saturated carbocycles. The smallest absolute Gasteiger partial charge is 0.338 e. The lowest BCUT2D eigenvalue weighted by atomic mass is 10.2. The third-order valence-electron chi connectivity index (χ3n) is 2.61. The Morgan fingerprint density at radius 1 is 1.24 bits per heavy atom. The van der Waals surface area contributed by atoms with Crippen LogP contribution in [0.1, 0.15) is 16.8 Å². The third kappa shape index (κ3) is 4.99. The van der Waals surface area contributed by atoms with E-state index < -0.39 is 23.2 Å². The summed E-state index contributed by atoms with van der Waals surface area (Å²) in [6.07, 6.45) is 0.0610. The topological polar surface area (TPSA) is 87.7 Å². The number of methoxy groups -OCH3 is 1. The molecule has 21 heavy (non-hydrogen) atoms. The lowest BCUT2D eigenvalue weighted by Crippen LogP contribution is -2.28. The number of carboxylic acids is 1. The number of aromatic carboxylic acids is 1. The zero-order chi connectivity index (χ0) is 15.8. The fourth-order valence-electron chi connectivity index (χ4n) is 1.54. The first-order valence-corrected chi connectivity index (χ1v) is 6.18. The molecule has 0 aliphatic carbocycles. The normalized spacial score (nSPS) is 10.2. The van der Waals surface area contributed by atoms with E-state index in [9.17, 15) is 18.4 Å². The number of amides is 1. The molecule has 0 saturated heterocycles. The fraction of sp³-hybridized carbons (Fsp3) is 0.385. The minimum absolute atomic E-state index is 0.0610. The van der Waals surface area contributed by atoms with Crippen LogP contribution in [0.4, 0.5) is 14.5 Å². The zero-order valence-electron chi connectivity index (χ0n) is 11.4. The van der Waals surface area contributed by atoms with Crippen LogP contribution in [-0.4, -0.2) is 43.8 Å². The number of ether oxygens (including phenoxy) is 1. The van der Waals surface area contributed by atoms with Gasteiger partial charge in [0.15, 0.2) is 11.6 Å². The number of halogens is 2. The predicted molar refractivity (Wildman–Crippen MR) is 71.3 cm³/mol. The minimum Gasteiger partial charge on any atom is -0.478 e. The molecule has 0 unspecified atom stereocenters. The lowest BCUT2D eigenvalue weighted by molar-refractivity contribution is -0.121. The van der Waals surface area contributed by atoms with Crippen LogP contribution in [0.3, 0.4) is 0 Å². The second-order valence-corrected chi connectivity index (χ2v) is 4.11. The van der Waals surface area contributed by atoms with Crippen LogP contribution in [0.15, 0.2) is 12.1 Å². The fourth-order valence-corrected chi connectivity index (χ4v) is 1.54. The van der Waals surface area contributed by atoms with E-state index in [0.29, 0.717) is 13.2 Å². The summed E-state index contributed by atoms with van der Waals surface area (Å²) in [6.45, 7) is 0.836. The van der Waals surface area contributed by atoms with Crippen LogP contribution in [0.25, 0.3) is 0 Å². The van der Waals surface area contributed by atoms with Gasteiger partial charge in [-0.25, -0.2) is 13.6 Å². The Bertz CT molecular complexity index is 523. The lowest BCUT2D eigenvalue weighted by Gasteiger charge is -2.09. The van der Waals surface area contributed by atoms with E-state index in [1.807, 2.05) is 0 Å². The quantitative estimate of drug-likeness (QED) is 0.629. The van der Waals surface area contributed by atoms with Crippen LogP contribution in [0.5, 0.6) is 0 Å². The zero-order valence-corrected chi connectivity index (χ0v) is 11.4. The number of nitrogens with one attached hydrogen (secondary N) is 2. The van der Waals surface area contributed by atoms with E-state index in [2.05, 4.69) is 10.6 Å². The van der Waals surface area contributed by atoms with E-state index in [1.165, 1.54) is 7.11 Å². The molecular weight excluding hydrogens is 286 g/mol. The minimum atomic E-state index is -1.55. The Hall–Kier alpha value is -2.22. The van der Waals surface area contributed by atoms with Crippen LogP contribution in [0.2, 0.25) is 0 Å². The van der Waals surface area contributed by atoms with Crippen molar-refractivity contribution < 1.29 is 28.2 Å². The van der Waals surface area contributed by atoms with E-state index >= 15 is 0 Å². The summed E-state index contributed by atoms with van der Waals surface area (Å²) >= 11 is 0. The second kappa shape index (κ2) is 8.15. The van der Waals surface area contributed by atoms with E-state index in [-0.39, 0.29) is 24.6 Å². The average molecular weight is 302 g/mol. The third-order valence-corrected chi connectivity index (χ3v) is 2.61. The van der Waals surface area contributed by atoms with Crippen LogP contribution < -0.4 is 10.6 Å². The number of carboxylic acid groups (broad SMARTS) is 1. The highest BCUT2D eigenvalue weighted by Gasteiger charge is 2.17. The molecule has 1 amide bonds.